The molecule has 3 fully saturated rings. The number of ether oxygens (including phenoxy) is 2. The van der Waals surface area contributed by atoms with Crippen LogP contribution in [0.2, 0.25) is 0 Å². The Morgan fingerprint density at radius 2 is 2.20 bits per heavy atom. The van der Waals surface area contributed by atoms with Gasteiger partial charge < -0.3 is 14.6 Å². The molecule has 0 unspecified atom stereocenters. The largest absolute Gasteiger partial charge is 0.388 e. The lowest BCUT2D eigenvalue weighted by Crippen LogP contribution is -2.34. The molecule has 5 atom stereocenters. The summed E-state index contributed by atoms with van der Waals surface area (Å²) >= 11 is 0. The summed E-state index contributed by atoms with van der Waals surface area (Å²) in [7, 11) is 0. The maximum absolute atomic E-state index is 9.46. The summed E-state index contributed by atoms with van der Waals surface area (Å²) in [4.78, 5) is 0. The Morgan fingerprint density at radius 3 is 3.10 bits per heavy atom. The van der Waals surface area contributed by atoms with E-state index in [9.17, 15) is 5.11 Å². The smallest absolute Gasteiger partial charge is 0.184 e. The fourth-order valence-electron chi connectivity index (χ4n) is 2.10. The molecular formula is C7H10O3. The zero-order valence-electron chi connectivity index (χ0n) is 5.56. The van der Waals surface area contributed by atoms with Gasteiger partial charge in [-0.3, -0.25) is 0 Å². The van der Waals surface area contributed by atoms with Gasteiger partial charge in [0.1, 0.15) is 6.10 Å². The van der Waals surface area contributed by atoms with Gasteiger partial charge in [-0.05, 0) is 18.3 Å². The summed E-state index contributed by atoms with van der Waals surface area (Å²) < 4.78 is 10.6. The Morgan fingerprint density at radius 1 is 1.30 bits per heavy atom. The normalized spacial score (nSPS) is 63.9. The fourth-order valence-corrected chi connectivity index (χ4v) is 2.10. The van der Waals surface area contributed by atoms with Crippen molar-refractivity contribution in [1.29, 1.82) is 0 Å². The zero-order valence-corrected chi connectivity index (χ0v) is 5.56. The number of aliphatic hydroxyl groups excluding tert-OH is 1. The second-order valence-electron chi connectivity index (χ2n) is 3.43. The van der Waals surface area contributed by atoms with Crippen molar-refractivity contribution in [3.8, 4) is 0 Å². The lowest BCUT2D eigenvalue weighted by molar-refractivity contribution is -0.157. The molecule has 0 aromatic carbocycles. The number of fused-ring (bicyclic) bond motifs is 4. The van der Waals surface area contributed by atoms with Crippen LogP contribution in [0.5, 0.6) is 0 Å². The Kier molecular flexibility index (Phi) is 0.854. The zero-order chi connectivity index (χ0) is 6.72. The highest BCUT2D eigenvalue weighted by molar-refractivity contribution is 5.03. The summed E-state index contributed by atoms with van der Waals surface area (Å²) in [5.74, 6) is 1.10. The SMILES string of the molecule is O[C@H]1[C@@H]2OC[C@H](O2)[C@H]2C[C@H]12. The van der Waals surface area contributed by atoms with Crippen LogP contribution in [0.3, 0.4) is 0 Å². The van der Waals surface area contributed by atoms with Crippen molar-refractivity contribution < 1.29 is 14.6 Å². The van der Waals surface area contributed by atoms with Crippen LogP contribution in [0.25, 0.3) is 0 Å². The topological polar surface area (TPSA) is 38.7 Å². The van der Waals surface area contributed by atoms with Crippen molar-refractivity contribution in [2.45, 2.75) is 24.9 Å². The van der Waals surface area contributed by atoms with Crippen LogP contribution in [0, 0.1) is 11.8 Å². The van der Waals surface area contributed by atoms with Crippen LogP contribution in [-0.2, 0) is 9.47 Å². The van der Waals surface area contributed by atoms with E-state index in [1.165, 1.54) is 0 Å². The number of rotatable bonds is 0. The van der Waals surface area contributed by atoms with Crippen LogP contribution >= 0.6 is 0 Å². The van der Waals surface area contributed by atoms with Crippen molar-refractivity contribution in [3.05, 3.63) is 0 Å². The second-order valence-corrected chi connectivity index (χ2v) is 3.43. The predicted octanol–water partition coefficient (Wildman–Crippen LogP) is -0.262. The lowest BCUT2D eigenvalue weighted by Gasteiger charge is -2.22. The maximum atomic E-state index is 9.46. The minimum Gasteiger partial charge on any atom is -0.388 e. The van der Waals surface area contributed by atoms with E-state index in [-0.39, 0.29) is 12.4 Å². The molecule has 0 aromatic heterocycles. The molecule has 2 bridgehead atoms. The monoisotopic (exact) mass is 142 g/mol. The van der Waals surface area contributed by atoms with Gasteiger partial charge in [0.05, 0.1) is 12.7 Å². The van der Waals surface area contributed by atoms with Gasteiger partial charge >= 0.3 is 0 Å². The molecule has 0 radical (unpaired) electrons. The second kappa shape index (κ2) is 1.55. The highest BCUT2D eigenvalue weighted by atomic mass is 16.7. The molecule has 56 valence electrons. The van der Waals surface area contributed by atoms with Gasteiger partial charge in [0.25, 0.3) is 0 Å². The molecule has 1 saturated carbocycles. The molecule has 0 spiro atoms. The molecule has 2 saturated heterocycles. The highest BCUT2D eigenvalue weighted by Crippen LogP contribution is 2.52. The third-order valence-electron chi connectivity index (χ3n) is 2.82. The van der Waals surface area contributed by atoms with Crippen molar-refractivity contribution >= 4 is 0 Å². The fraction of sp³-hybridized carbons (Fsp3) is 1.00. The summed E-state index contributed by atoms with van der Waals surface area (Å²) in [6.45, 7) is 0.697. The molecule has 2 heterocycles. The van der Waals surface area contributed by atoms with Gasteiger partial charge in [-0.25, -0.2) is 0 Å². The van der Waals surface area contributed by atoms with Gasteiger partial charge in [-0.1, -0.05) is 0 Å². The van der Waals surface area contributed by atoms with Crippen molar-refractivity contribution in [1.82, 2.24) is 0 Å². The van der Waals surface area contributed by atoms with Gasteiger partial charge in [0.2, 0.25) is 0 Å². The van der Waals surface area contributed by atoms with Gasteiger partial charge in [-0.15, -0.1) is 0 Å². The molecule has 10 heavy (non-hydrogen) atoms. The molecule has 0 amide bonds. The molecule has 1 N–H and O–H groups in total. The Labute approximate surface area is 58.9 Å². The van der Waals surface area contributed by atoms with E-state index in [4.69, 9.17) is 9.47 Å². The van der Waals surface area contributed by atoms with Crippen molar-refractivity contribution in [3.63, 3.8) is 0 Å². The first-order valence-electron chi connectivity index (χ1n) is 3.81. The summed E-state index contributed by atoms with van der Waals surface area (Å²) in [6, 6.07) is 0. The molecule has 1 aliphatic carbocycles. The lowest BCUT2D eigenvalue weighted by atomic mass is 10.1. The first-order valence-corrected chi connectivity index (χ1v) is 3.81. The first kappa shape index (κ1) is 5.52. The van der Waals surface area contributed by atoms with E-state index in [2.05, 4.69) is 0 Å². The Balaban J connectivity index is 1.91. The van der Waals surface area contributed by atoms with Gasteiger partial charge in [-0.2, -0.15) is 0 Å². The predicted molar refractivity (Wildman–Crippen MR) is 32.2 cm³/mol. The quantitative estimate of drug-likeness (QED) is 0.506. The maximum Gasteiger partial charge on any atom is 0.184 e. The van der Waals surface area contributed by atoms with Gasteiger partial charge in [0.15, 0.2) is 6.29 Å². The van der Waals surface area contributed by atoms with E-state index in [1.807, 2.05) is 0 Å². The minimum absolute atomic E-state index is 0.297. The Hall–Kier alpha value is -0.120. The van der Waals surface area contributed by atoms with Crippen LogP contribution in [0.15, 0.2) is 0 Å². The van der Waals surface area contributed by atoms with Gasteiger partial charge in [0, 0.05) is 0 Å². The van der Waals surface area contributed by atoms with E-state index < -0.39 is 0 Å². The van der Waals surface area contributed by atoms with Crippen molar-refractivity contribution in [2.24, 2.45) is 11.8 Å². The van der Waals surface area contributed by atoms with Crippen molar-refractivity contribution in [2.75, 3.05) is 6.61 Å². The van der Waals surface area contributed by atoms with Crippen LogP contribution < -0.4 is 0 Å². The summed E-state index contributed by atoms with van der Waals surface area (Å²) in [5.41, 5.74) is 0. The Bertz CT molecular complexity index is 168. The highest BCUT2D eigenvalue weighted by Gasteiger charge is 2.58. The van der Waals surface area contributed by atoms with Crippen LogP contribution in [-0.4, -0.2) is 30.2 Å². The molecular weight excluding hydrogens is 132 g/mol. The average Bonchev–Trinajstić information content (AvgIpc) is 2.61. The summed E-state index contributed by atoms with van der Waals surface area (Å²) in [6.07, 6.45) is 0.807. The number of hydrogen-bond acceptors (Lipinski definition) is 3. The van der Waals surface area contributed by atoms with E-state index in [1.54, 1.807) is 0 Å². The number of aliphatic hydroxyl groups is 1. The third kappa shape index (κ3) is 0.516. The van der Waals surface area contributed by atoms with E-state index in [0.717, 1.165) is 6.42 Å². The standard InChI is InChI=1S/C7H10O3/c8-6-4-1-3(4)5-2-9-7(6)10-5/h3-8H,1-2H2/t3-,4-,5-,6+,7+/m0/s1. The number of hydrogen-bond donors (Lipinski definition) is 1. The molecule has 3 heteroatoms. The van der Waals surface area contributed by atoms with E-state index in [0.29, 0.717) is 24.5 Å². The third-order valence-corrected chi connectivity index (χ3v) is 2.82. The molecule has 2 aliphatic heterocycles. The minimum atomic E-state index is -0.344. The average molecular weight is 142 g/mol. The first-order chi connectivity index (χ1) is 4.86. The van der Waals surface area contributed by atoms with Crippen LogP contribution in [0.1, 0.15) is 6.42 Å². The summed E-state index contributed by atoms with van der Waals surface area (Å²) in [5, 5.41) is 9.46. The molecule has 0 aromatic rings. The molecule has 3 rings (SSSR count). The molecule has 3 aliphatic rings. The van der Waals surface area contributed by atoms with Crippen LogP contribution in [0.4, 0.5) is 0 Å². The molecule has 3 nitrogen and oxygen atoms in total. The van der Waals surface area contributed by atoms with E-state index >= 15 is 0 Å².